The van der Waals surface area contributed by atoms with Gasteiger partial charge in [0.2, 0.25) is 5.88 Å². The number of amides is 1. The highest BCUT2D eigenvalue weighted by atomic mass is 19.1. The zero-order valence-corrected chi connectivity index (χ0v) is 18.9. The number of aliphatic hydroxyl groups excluding tert-OH is 1. The Morgan fingerprint density at radius 3 is 2.66 bits per heavy atom. The molecule has 2 fully saturated rings. The summed E-state index contributed by atoms with van der Waals surface area (Å²) < 4.78 is 48.4. The number of methoxy groups -OCH3 is 1. The fourth-order valence-corrected chi connectivity index (χ4v) is 3.69. The molecule has 1 aromatic heterocycles. The largest absolute Gasteiger partial charge is 0.475 e. The summed E-state index contributed by atoms with van der Waals surface area (Å²) in [4.78, 5) is 19.4. The number of hydrogen-bond acceptors (Lipinski definition) is 8. The Kier molecular flexibility index (Phi) is 7.32. The number of nitrogens with one attached hydrogen (secondary N) is 1. The van der Waals surface area contributed by atoms with Crippen molar-refractivity contribution < 1.29 is 36.0 Å². The van der Waals surface area contributed by atoms with Crippen molar-refractivity contribution in [2.75, 3.05) is 64.9 Å². The molecular formula is C22H34FN3O6. The number of carbonyl (C=O) groups excluding carboxylic acids is 1. The van der Waals surface area contributed by atoms with Gasteiger partial charge in [-0.1, -0.05) is 13.8 Å². The molecule has 2 aliphatic rings. The van der Waals surface area contributed by atoms with Gasteiger partial charge in [-0.15, -0.1) is 0 Å². The minimum Gasteiger partial charge on any atom is -0.475 e. The van der Waals surface area contributed by atoms with Gasteiger partial charge < -0.3 is 34.3 Å². The number of hydrogen-bond donors (Lipinski definition) is 2. The maximum absolute atomic E-state index is 13.2. The number of alkyl halides is 1. The normalized spacial score (nSPS) is 19.5. The van der Waals surface area contributed by atoms with Crippen LogP contribution in [0.25, 0.3) is 0 Å². The van der Waals surface area contributed by atoms with Crippen LogP contribution in [-0.4, -0.2) is 87.7 Å². The van der Waals surface area contributed by atoms with Crippen LogP contribution < -0.4 is 15.0 Å². The summed E-state index contributed by atoms with van der Waals surface area (Å²) in [5.41, 5.74) is -0.645. The van der Waals surface area contributed by atoms with E-state index >= 15 is 0 Å². The minimum atomic E-state index is -3.26. The van der Waals surface area contributed by atoms with Crippen molar-refractivity contribution in [2.45, 2.75) is 38.3 Å². The van der Waals surface area contributed by atoms with Crippen molar-refractivity contribution in [3.63, 3.8) is 0 Å². The molecule has 9 nitrogen and oxygen atoms in total. The lowest BCUT2D eigenvalue weighted by molar-refractivity contribution is -0.171. The summed E-state index contributed by atoms with van der Waals surface area (Å²) in [5, 5.41) is 12.7. The van der Waals surface area contributed by atoms with E-state index in [1.807, 2.05) is 18.7 Å². The molecular weight excluding hydrogens is 421 g/mol. The van der Waals surface area contributed by atoms with Gasteiger partial charge in [0.25, 0.3) is 5.91 Å². The first-order valence-corrected chi connectivity index (χ1v) is 10.8. The Morgan fingerprint density at radius 1 is 1.41 bits per heavy atom. The summed E-state index contributed by atoms with van der Waals surface area (Å²) in [7, 11) is 1.64. The van der Waals surface area contributed by atoms with E-state index < -0.39 is 23.7 Å². The van der Waals surface area contributed by atoms with Gasteiger partial charge in [-0.3, -0.25) is 4.79 Å². The molecule has 32 heavy (non-hydrogen) atoms. The van der Waals surface area contributed by atoms with Gasteiger partial charge in [0.15, 0.2) is 6.81 Å². The molecule has 0 atom stereocenters. The van der Waals surface area contributed by atoms with E-state index in [0.29, 0.717) is 31.6 Å². The number of halogens is 1. The fraction of sp³-hybridized carbons (Fsp3) is 0.727. The molecule has 1 aromatic rings. The monoisotopic (exact) mass is 457 g/mol. The van der Waals surface area contributed by atoms with Crippen LogP contribution >= 0.6 is 0 Å². The molecule has 1 amide bonds. The number of aliphatic hydroxyl groups is 1. The number of ether oxygens (including phenoxy) is 4. The first-order chi connectivity index (χ1) is 16.1. The molecule has 2 aliphatic heterocycles. The minimum absolute atomic E-state index is 0.0419. The van der Waals surface area contributed by atoms with Crippen LogP contribution in [0, 0.1) is 5.41 Å². The molecule has 3 heterocycles. The Morgan fingerprint density at radius 2 is 2.12 bits per heavy atom. The molecule has 0 aliphatic carbocycles. The molecule has 0 saturated carbocycles. The quantitative estimate of drug-likeness (QED) is 0.460. The van der Waals surface area contributed by atoms with E-state index in [0.717, 1.165) is 0 Å². The predicted molar refractivity (Wildman–Crippen MR) is 116 cm³/mol. The molecule has 0 bridgehead atoms. The first-order valence-electron chi connectivity index (χ1n) is 11.8. The number of rotatable bonds is 13. The Hall–Kier alpha value is -2.01. The van der Waals surface area contributed by atoms with Crippen LogP contribution in [0.15, 0.2) is 12.1 Å². The maximum Gasteiger partial charge on any atom is 0.270 e. The van der Waals surface area contributed by atoms with Crippen molar-refractivity contribution in [3.05, 3.63) is 17.8 Å². The number of aromatic nitrogens is 1. The van der Waals surface area contributed by atoms with Crippen molar-refractivity contribution in [2.24, 2.45) is 5.41 Å². The third-order valence-corrected chi connectivity index (χ3v) is 6.39. The average Bonchev–Trinajstić information content (AvgIpc) is 2.75. The van der Waals surface area contributed by atoms with Crippen LogP contribution in [0.4, 0.5) is 10.1 Å². The van der Waals surface area contributed by atoms with Crippen molar-refractivity contribution in [1.29, 1.82) is 0 Å². The molecule has 2 saturated heterocycles. The van der Waals surface area contributed by atoms with Gasteiger partial charge in [-0.2, -0.15) is 0 Å². The summed E-state index contributed by atoms with van der Waals surface area (Å²) in [6.07, 6.45) is 1.20. The number of nitrogens with zero attached hydrogens (tertiary/aromatic N) is 2. The maximum atomic E-state index is 13.2. The van der Waals surface area contributed by atoms with Crippen LogP contribution in [0.3, 0.4) is 0 Å². The number of carbonyl (C=O) groups is 1. The standard InChI is InChI=1S/C22H34FN3O6/c1-4-22(5-2,10-27)25-19(28)17-6-7-18(26-8-16(9-26)29-3)20(24-17)32-14-21(11-30-12-21)13-31-15-23/h6-7,16,27H,4-5,8-15H2,1-3H3,(H,25,28)/i15D2. The number of anilines is 1. The van der Waals surface area contributed by atoms with Gasteiger partial charge in [-0.25, -0.2) is 9.37 Å². The smallest absolute Gasteiger partial charge is 0.270 e. The molecule has 0 unspecified atom stereocenters. The highest BCUT2D eigenvalue weighted by molar-refractivity contribution is 5.93. The lowest BCUT2D eigenvalue weighted by Gasteiger charge is -2.42. The van der Waals surface area contributed by atoms with E-state index in [1.54, 1.807) is 19.2 Å². The van der Waals surface area contributed by atoms with Gasteiger partial charge in [0.05, 0.1) is 46.2 Å². The van der Waals surface area contributed by atoms with Crippen molar-refractivity contribution >= 4 is 11.6 Å². The van der Waals surface area contributed by atoms with Crippen LogP contribution in [-0.2, 0) is 14.2 Å². The lowest BCUT2D eigenvalue weighted by Crippen LogP contribution is -2.53. The average molecular weight is 458 g/mol. The van der Waals surface area contributed by atoms with E-state index in [1.165, 1.54) is 0 Å². The van der Waals surface area contributed by atoms with Gasteiger partial charge in [0.1, 0.15) is 18.0 Å². The third-order valence-electron chi connectivity index (χ3n) is 6.39. The molecule has 180 valence electrons. The second-order valence-electron chi connectivity index (χ2n) is 8.53. The first kappa shape index (κ1) is 21.8. The lowest BCUT2D eigenvalue weighted by atomic mass is 9.88. The van der Waals surface area contributed by atoms with E-state index in [9.17, 15) is 14.3 Å². The third kappa shape index (κ3) is 5.31. The van der Waals surface area contributed by atoms with Gasteiger partial charge in [0, 0.05) is 20.2 Å². The van der Waals surface area contributed by atoms with E-state index in [4.69, 9.17) is 17.0 Å². The van der Waals surface area contributed by atoms with Crippen molar-refractivity contribution in [1.82, 2.24) is 10.3 Å². The van der Waals surface area contributed by atoms with Crippen LogP contribution in [0.1, 0.15) is 39.9 Å². The van der Waals surface area contributed by atoms with Crippen molar-refractivity contribution in [3.8, 4) is 5.88 Å². The Bertz CT molecular complexity index is 834. The Balaban J connectivity index is 1.79. The van der Waals surface area contributed by atoms with Gasteiger partial charge >= 0.3 is 0 Å². The second-order valence-corrected chi connectivity index (χ2v) is 8.53. The zero-order chi connectivity index (χ0) is 25.0. The number of pyridine rings is 1. The predicted octanol–water partition coefficient (Wildman–Crippen LogP) is 1.54. The summed E-state index contributed by atoms with van der Waals surface area (Å²) in [6, 6.07) is 3.36. The molecule has 0 spiro atoms. The Labute approximate surface area is 191 Å². The van der Waals surface area contributed by atoms with Crippen LogP contribution in [0.2, 0.25) is 0 Å². The molecule has 2 N–H and O–H groups in total. The molecule has 0 radical (unpaired) electrons. The summed E-state index contributed by atoms with van der Waals surface area (Å²) >= 11 is 0. The summed E-state index contributed by atoms with van der Waals surface area (Å²) in [5.74, 6) is -0.206. The SMILES string of the molecule is [2H]C([2H])(F)OCC1(COc2nc(C(=O)NC(CC)(CC)CO)ccc2N2CC(OC)C2)COC1. The zero-order valence-electron chi connectivity index (χ0n) is 20.9. The topological polar surface area (TPSA) is 102 Å². The molecule has 0 aromatic carbocycles. The summed E-state index contributed by atoms with van der Waals surface area (Å²) in [6.45, 7) is 1.87. The van der Waals surface area contributed by atoms with E-state index in [-0.39, 0.29) is 50.7 Å². The highest BCUT2D eigenvalue weighted by Gasteiger charge is 2.41. The van der Waals surface area contributed by atoms with Gasteiger partial charge in [-0.05, 0) is 25.0 Å². The fourth-order valence-electron chi connectivity index (χ4n) is 3.69. The molecule has 10 heteroatoms. The second kappa shape index (κ2) is 10.7. The van der Waals surface area contributed by atoms with E-state index in [2.05, 4.69) is 15.0 Å². The van der Waals surface area contributed by atoms with Crippen LogP contribution in [0.5, 0.6) is 5.88 Å². The molecule has 3 rings (SSSR count). The highest BCUT2D eigenvalue weighted by Crippen LogP contribution is 2.34.